The summed E-state index contributed by atoms with van der Waals surface area (Å²) in [5.41, 5.74) is 5.74. The Bertz CT molecular complexity index is 394. The molecule has 0 N–H and O–H groups in total. The maximum Gasteiger partial charge on any atom is 0 e. The third kappa shape index (κ3) is 1.79. The summed E-state index contributed by atoms with van der Waals surface area (Å²) in [4.78, 5) is 0. The second-order valence-electron chi connectivity index (χ2n) is 4.45. The van der Waals surface area contributed by atoms with Gasteiger partial charge in [0, 0.05) is 16.8 Å². The van der Waals surface area contributed by atoms with Crippen molar-refractivity contribution >= 4 is 0 Å². The fraction of sp³-hybridized carbons (Fsp3) is 0.429. The van der Waals surface area contributed by atoms with Crippen molar-refractivity contribution in [3.8, 4) is 0 Å². The molecule has 0 aromatic rings. The Kier molecular flexibility index (Phi) is 3.47. The predicted octanol–water partition coefficient (Wildman–Crippen LogP) is 3.98. The van der Waals surface area contributed by atoms with E-state index < -0.39 is 0 Å². The summed E-state index contributed by atoms with van der Waals surface area (Å²) in [7, 11) is 0. The topological polar surface area (TPSA) is 0 Å². The van der Waals surface area contributed by atoms with Crippen LogP contribution >= 0.6 is 0 Å². The van der Waals surface area contributed by atoms with E-state index in [4.69, 9.17) is 0 Å². The van der Waals surface area contributed by atoms with E-state index in [2.05, 4.69) is 52.0 Å². The Morgan fingerprint density at radius 1 is 1.27 bits per heavy atom. The molecule has 1 atom stereocenters. The van der Waals surface area contributed by atoms with Crippen molar-refractivity contribution in [1.29, 1.82) is 0 Å². The molecule has 1 radical (unpaired) electrons. The molecule has 0 nitrogen and oxygen atoms in total. The van der Waals surface area contributed by atoms with Gasteiger partial charge in [-0.1, -0.05) is 50.0 Å². The van der Waals surface area contributed by atoms with E-state index in [1.165, 1.54) is 22.3 Å². The van der Waals surface area contributed by atoms with Gasteiger partial charge < -0.3 is 0 Å². The molecule has 0 aromatic carbocycles. The molecule has 15 heavy (non-hydrogen) atoms. The smallest absolute Gasteiger partial charge is 0 e. The van der Waals surface area contributed by atoms with Crippen molar-refractivity contribution in [3.63, 3.8) is 0 Å². The second kappa shape index (κ2) is 4.15. The van der Waals surface area contributed by atoms with E-state index in [0.717, 1.165) is 6.42 Å². The standard InChI is InChI=1S/C14H17.Co/c1-10-9-14(4,12(3)11(10)2)13-7-5-6-8-13;/h5-7H,8H2,1-4H3;/q-1;. The zero-order valence-corrected chi connectivity index (χ0v) is 10.8. The Labute approximate surface area is 103 Å². The first-order valence-corrected chi connectivity index (χ1v) is 5.22. The monoisotopic (exact) mass is 244 g/mol. The molecule has 2 aliphatic carbocycles. The zero-order chi connectivity index (χ0) is 10.3. The predicted molar refractivity (Wildman–Crippen MR) is 60.8 cm³/mol. The fourth-order valence-corrected chi connectivity index (χ4v) is 2.36. The maximum absolute atomic E-state index is 3.61. The van der Waals surface area contributed by atoms with Crippen LogP contribution in [0.15, 0.2) is 40.5 Å². The van der Waals surface area contributed by atoms with Gasteiger partial charge in [0.15, 0.2) is 0 Å². The molecule has 2 aliphatic rings. The van der Waals surface area contributed by atoms with Gasteiger partial charge in [-0.2, -0.15) is 11.1 Å². The second-order valence-corrected chi connectivity index (χ2v) is 4.45. The van der Waals surface area contributed by atoms with E-state index in [1.54, 1.807) is 0 Å². The van der Waals surface area contributed by atoms with E-state index in [0.29, 0.717) is 0 Å². The van der Waals surface area contributed by atoms with Crippen LogP contribution in [-0.2, 0) is 16.8 Å². The molecule has 0 aliphatic heterocycles. The van der Waals surface area contributed by atoms with E-state index >= 15 is 0 Å². The van der Waals surface area contributed by atoms with Gasteiger partial charge in [0.05, 0.1) is 0 Å². The van der Waals surface area contributed by atoms with Gasteiger partial charge in [0.25, 0.3) is 0 Å². The molecular weight excluding hydrogens is 227 g/mol. The van der Waals surface area contributed by atoms with Gasteiger partial charge in [-0.3, -0.25) is 6.08 Å². The minimum absolute atomic E-state index is 0. The minimum Gasteiger partial charge on any atom is -0.259 e. The summed E-state index contributed by atoms with van der Waals surface area (Å²) in [5.74, 6) is 0. The molecule has 0 saturated carbocycles. The molecule has 0 saturated heterocycles. The Hall–Kier alpha value is -0.534. The number of hydrogen-bond acceptors (Lipinski definition) is 0. The Morgan fingerprint density at radius 2 is 1.93 bits per heavy atom. The number of allylic oxidation sites excluding steroid dienone is 8. The average molecular weight is 244 g/mol. The fourth-order valence-electron chi connectivity index (χ4n) is 2.36. The summed E-state index contributed by atoms with van der Waals surface area (Å²) in [6, 6.07) is 0. The van der Waals surface area contributed by atoms with Crippen molar-refractivity contribution in [2.24, 2.45) is 5.41 Å². The third-order valence-corrected chi connectivity index (χ3v) is 3.73. The van der Waals surface area contributed by atoms with Crippen LogP contribution in [0.4, 0.5) is 0 Å². The van der Waals surface area contributed by atoms with Crippen LogP contribution in [0.5, 0.6) is 0 Å². The molecule has 0 amide bonds. The van der Waals surface area contributed by atoms with Crippen LogP contribution in [0.25, 0.3) is 0 Å². The normalized spacial score (nSPS) is 29.1. The minimum atomic E-state index is 0. The summed E-state index contributed by atoms with van der Waals surface area (Å²) in [6.07, 6.45) is 11.3. The number of rotatable bonds is 1. The molecule has 0 spiro atoms. The first-order valence-electron chi connectivity index (χ1n) is 5.22. The van der Waals surface area contributed by atoms with Crippen molar-refractivity contribution < 1.29 is 16.8 Å². The van der Waals surface area contributed by atoms with Gasteiger partial charge in [-0.25, -0.2) is 5.57 Å². The SMILES string of the molecule is CC1=[C-]C(C)(C2=CC=CC2)C(C)=C1C.[Co]. The van der Waals surface area contributed by atoms with Gasteiger partial charge in [0.1, 0.15) is 0 Å². The Morgan fingerprint density at radius 3 is 2.33 bits per heavy atom. The van der Waals surface area contributed by atoms with E-state index in [9.17, 15) is 0 Å². The van der Waals surface area contributed by atoms with Gasteiger partial charge in [-0.15, -0.1) is 6.92 Å². The molecule has 0 bridgehead atoms. The maximum atomic E-state index is 3.61. The molecule has 83 valence electrons. The van der Waals surface area contributed by atoms with Crippen molar-refractivity contribution in [1.82, 2.24) is 0 Å². The summed E-state index contributed by atoms with van der Waals surface area (Å²) in [6.45, 7) is 8.87. The van der Waals surface area contributed by atoms with Crippen molar-refractivity contribution in [3.05, 3.63) is 46.6 Å². The zero-order valence-electron chi connectivity index (χ0n) is 9.77. The van der Waals surface area contributed by atoms with Crippen LogP contribution in [0.3, 0.4) is 0 Å². The van der Waals surface area contributed by atoms with Gasteiger partial charge in [-0.05, 0) is 6.42 Å². The summed E-state index contributed by atoms with van der Waals surface area (Å²) >= 11 is 0. The molecule has 1 heteroatoms. The van der Waals surface area contributed by atoms with E-state index in [1.807, 2.05) is 0 Å². The third-order valence-electron chi connectivity index (χ3n) is 3.73. The largest absolute Gasteiger partial charge is 0.259 e. The molecule has 2 rings (SSSR count). The average Bonchev–Trinajstić information content (AvgIpc) is 2.73. The molecule has 1 unspecified atom stereocenters. The summed E-state index contributed by atoms with van der Waals surface area (Å²) in [5, 5.41) is 0. The first-order chi connectivity index (χ1) is 6.55. The summed E-state index contributed by atoms with van der Waals surface area (Å²) < 4.78 is 0. The van der Waals surface area contributed by atoms with Crippen LogP contribution in [0.1, 0.15) is 34.1 Å². The molecule has 0 heterocycles. The van der Waals surface area contributed by atoms with Crippen molar-refractivity contribution in [2.75, 3.05) is 0 Å². The van der Waals surface area contributed by atoms with Gasteiger partial charge in [0.2, 0.25) is 0 Å². The van der Waals surface area contributed by atoms with E-state index in [-0.39, 0.29) is 22.2 Å². The van der Waals surface area contributed by atoms with Crippen LogP contribution < -0.4 is 0 Å². The molecule has 0 fully saturated rings. The van der Waals surface area contributed by atoms with Gasteiger partial charge >= 0.3 is 0 Å². The van der Waals surface area contributed by atoms with Crippen LogP contribution in [0.2, 0.25) is 0 Å². The van der Waals surface area contributed by atoms with Crippen molar-refractivity contribution in [2.45, 2.75) is 34.1 Å². The Balaban J connectivity index is 0.00000112. The first kappa shape index (κ1) is 12.5. The number of hydrogen-bond donors (Lipinski definition) is 0. The van der Waals surface area contributed by atoms with Crippen LogP contribution in [0, 0.1) is 11.5 Å². The molecule has 0 aromatic heterocycles. The molecular formula is C14H17Co-. The van der Waals surface area contributed by atoms with Crippen LogP contribution in [-0.4, -0.2) is 0 Å². The quantitative estimate of drug-likeness (QED) is 0.612.